The maximum atomic E-state index is 11.9. The second kappa shape index (κ2) is 11.6. The van der Waals surface area contributed by atoms with Crippen LogP contribution in [0.15, 0.2) is 27.8 Å². The molecule has 1 amide bonds. The average molecular weight is 380 g/mol. The molecule has 152 valence electrons. The van der Waals surface area contributed by atoms with Crippen LogP contribution >= 0.6 is 0 Å². The molecular formula is C19H32N4O4. The topological polar surface area (TPSA) is 79.5 Å². The van der Waals surface area contributed by atoms with Crippen LogP contribution in [0, 0.1) is 5.92 Å². The van der Waals surface area contributed by atoms with Gasteiger partial charge in [-0.3, -0.25) is 4.79 Å². The summed E-state index contributed by atoms with van der Waals surface area (Å²) in [6.07, 6.45) is 3.49. The van der Waals surface area contributed by atoms with Crippen molar-refractivity contribution in [3.8, 4) is 0 Å². The van der Waals surface area contributed by atoms with E-state index in [1.807, 2.05) is 12.1 Å². The highest BCUT2D eigenvalue weighted by Gasteiger charge is 2.25. The van der Waals surface area contributed by atoms with Gasteiger partial charge in [0.15, 0.2) is 5.96 Å². The van der Waals surface area contributed by atoms with Crippen LogP contribution in [-0.4, -0.2) is 88.9 Å². The minimum atomic E-state index is -0.0148. The van der Waals surface area contributed by atoms with Crippen LogP contribution in [0.25, 0.3) is 0 Å². The van der Waals surface area contributed by atoms with Crippen LogP contribution < -0.4 is 5.32 Å². The maximum absolute atomic E-state index is 11.9. The molecule has 1 aliphatic heterocycles. The van der Waals surface area contributed by atoms with Crippen molar-refractivity contribution in [3.05, 3.63) is 24.2 Å². The lowest BCUT2D eigenvalue weighted by atomic mass is 10.1. The minimum Gasteiger partial charge on any atom is -0.469 e. The smallest absolute Gasteiger partial charge is 0.243 e. The summed E-state index contributed by atoms with van der Waals surface area (Å²) in [5.74, 6) is 2.15. The minimum absolute atomic E-state index is 0.0148. The van der Waals surface area contributed by atoms with E-state index in [-0.39, 0.29) is 12.5 Å². The SMILES string of the molecule is COCCOCC1CCN(C(=NCC(=O)N(C)C)NCCc2ccco2)C1. The van der Waals surface area contributed by atoms with Crippen LogP contribution in [0.2, 0.25) is 0 Å². The molecule has 8 nitrogen and oxygen atoms in total. The molecule has 1 saturated heterocycles. The number of methoxy groups -OCH3 is 1. The number of amides is 1. The second-order valence-corrected chi connectivity index (χ2v) is 6.85. The van der Waals surface area contributed by atoms with Gasteiger partial charge in [0.25, 0.3) is 0 Å². The first-order valence-electron chi connectivity index (χ1n) is 9.42. The van der Waals surface area contributed by atoms with Gasteiger partial charge in [0.1, 0.15) is 12.3 Å². The van der Waals surface area contributed by atoms with Gasteiger partial charge >= 0.3 is 0 Å². The molecule has 0 aromatic carbocycles. The first kappa shape index (κ1) is 21.2. The predicted octanol–water partition coefficient (Wildman–Crippen LogP) is 0.841. The number of carbonyl (C=O) groups is 1. The number of hydrogen-bond acceptors (Lipinski definition) is 5. The summed E-state index contributed by atoms with van der Waals surface area (Å²) < 4.78 is 16.0. The van der Waals surface area contributed by atoms with E-state index in [4.69, 9.17) is 13.9 Å². The van der Waals surface area contributed by atoms with Crippen LogP contribution in [0.3, 0.4) is 0 Å². The van der Waals surface area contributed by atoms with Gasteiger partial charge < -0.3 is 29.0 Å². The first-order chi connectivity index (χ1) is 13.1. The molecule has 0 aliphatic carbocycles. The fourth-order valence-corrected chi connectivity index (χ4v) is 2.86. The van der Waals surface area contributed by atoms with Crippen molar-refractivity contribution in [1.29, 1.82) is 0 Å². The molecule has 8 heteroatoms. The highest BCUT2D eigenvalue weighted by molar-refractivity contribution is 5.85. The van der Waals surface area contributed by atoms with E-state index in [9.17, 15) is 4.79 Å². The normalized spacial score (nSPS) is 17.4. The highest BCUT2D eigenvalue weighted by Crippen LogP contribution is 2.16. The van der Waals surface area contributed by atoms with E-state index in [0.717, 1.165) is 44.3 Å². The third-order valence-corrected chi connectivity index (χ3v) is 4.47. The van der Waals surface area contributed by atoms with Crippen LogP contribution in [0.1, 0.15) is 12.2 Å². The number of aliphatic imine (C=N–C) groups is 1. The molecule has 0 radical (unpaired) electrons. The van der Waals surface area contributed by atoms with E-state index in [0.29, 0.717) is 25.7 Å². The zero-order chi connectivity index (χ0) is 19.5. The number of likely N-dealkylation sites (N-methyl/N-ethyl adjacent to an activating group) is 1. The zero-order valence-corrected chi connectivity index (χ0v) is 16.6. The molecule has 2 rings (SSSR count). The Morgan fingerprint density at radius 2 is 2.30 bits per heavy atom. The van der Waals surface area contributed by atoms with Crippen molar-refractivity contribution in [1.82, 2.24) is 15.1 Å². The zero-order valence-electron chi connectivity index (χ0n) is 16.6. The van der Waals surface area contributed by atoms with Crippen LogP contribution in [-0.2, 0) is 20.7 Å². The van der Waals surface area contributed by atoms with Gasteiger partial charge in [-0.2, -0.15) is 0 Å². The van der Waals surface area contributed by atoms with Crippen molar-refractivity contribution in [2.24, 2.45) is 10.9 Å². The number of likely N-dealkylation sites (tertiary alicyclic amines) is 1. The lowest BCUT2D eigenvalue weighted by Crippen LogP contribution is -2.42. The molecule has 1 aliphatic rings. The van der Waals surface area contributed by atoms with Crippen molar-refractivity contribution >= 4 is 11.9 Å². The van der Waals surface area contributed by atoms with E-state index in [2.05, 4.69) is 15.2 Å². The Morgan fingerprint density at radius 1 is 1.44 bits per heavy atom. The van der Waals surface area contributed by atoms with Crippen molar-refractivity contribution in [2.75, 3.05) is 67.2 Å². The Kier molecular flexibility index (Phi) is 9.13. The van der Waals surface area contributed by atoms with Gasteiger partial charge in [0.2, 0.25) is 5.91 Å². The van der Waals surface area contributed by atoms with E-state index >= 15 is 0 Å². The van der Waals surface area contributed by atoms with Gasteiger partial charge in [0.05, 0.1) is 26.1 Å². The molecular weight excluding hydrogens is 348 g/mol. The van der Waals surface area contributed by atoms with Gasteiger partial charge in [0, 0.05) is 53.2 Å². The lowest BCUT2D eigenvalue weighted by molar-refractivity contribution is -0.127. The first-order valence-corrected chi connectivity index (χ1v) is 9.42. The number of nitrogens with zero attached hydrogens (tertiary/aromatic N) is 3. The van der Waals surface area contributed by atoms with Gasteiger partial charge in [-0.1, -0.05) is 0 Å². The molecule has 0 saturated carbocycles. The highest BCUT2D eigenvalue weighted by atomic mass is 16.5. The van der Waals surface area contributed by atoms with Gasteiger partial charge in [-0.25, -0.2) is 4.99 Å². The third-order valence-electron chi connectivity index (χ3n) is 4.47. The number of carbonyl (C=O) groups excluding carboxylic acids is 1. The Labute approximate surface area is 161 Å². The third kappa shape index (κ3) is 7.60. The molecule has 1 atom stereocenters. The molecule has 1 aromatic rings. The van der Waals surface area contributed by atoms with Crippen LogP contribution in [0.5, 0.6) is 0 Å². The van der Waals surface area contributed by atoms with Crippen molar-refractivity contribution < 1.29 is 18.7 Å². The summed E-state index contributed by atoms with van der Waals surface area (Å²) in [5.41, 5.74) is 0. The number of rotatable bonds is 10. The van der Waals surface area contributed by atoms with Gasteiger partial charge in [-0.15, -0.1) is 0 Å². The monoisotopic (exact) mass is 380 g/mol. The second-order valence-electron chi connectivity index (χ2n) is 6.85. The molecule has 1 aromatic heterocycles. The lowest BCUT2D eigenvalue weighted by Gasteiger charge is -2.22. The summed E-state index contributed by atoms with van der Waals surface area (Å²) in [4.78, 5) is 20.2. The van der Waals surface area contributed by atoms with Crippen LogP contribution in [0.4, 0.5) is 0 Å². The molecule has 0 bridgehead atoms. The van der Waals surface area contributed by atoms with Gasteiger partial charge in [-0.05, 0) is 18.6 Å². The number of furan rings is 1. The summed E-state index contributed by atoms with van der Waals surface area (Å²) in [6.45, 7) is 4.57. The Balaban J connectivity index is 1.86. The number of guanidine groups is 1. The fourth-order valence-electron chi connectivity index (χ4n) is 2.86. The standard InChI is InChI=1S/C19H32N4O4/c1-22(2)18(24)13-21-19(20-8-6-17-5-4-10-27-17)23-9-7-16(14-23)15-26-12-11-25-3/h4-5,10,16H,6-9,11-15H2,1-3H3,(H,20,21). The molecule has 1 fully saturated rings. The summed E-state index contributed by atoms with van der Waals surface area (Å²) in [5, 5.41) is 3.38. The Hall–Kier alpha value is -2.06. The van der Waals surface area contributed by atoms with E-state index in [1.54, 1.807) is 32.4 Å². The fraction of sp³-hybridized carbons (Fsp3) is 0.684. The van der Waals surface area contributed by atoms with E-state index < -0.39 is 0 Å². The molecule has 1 N–H and O–H groups in total. The average Bonchev–Trinajstić information content (AvgIpc) is 3.33. The van der Waals surface area contributed by atoms with E-state index in [1.165, 1.54) is 0 Å². The molecule has 0 spiro atoms. The molecule has 2 heterocycles. The summed E-state index contributed by atoms with van der Waals surface area (Å²) in [7, 11) is 5.16. The Bertz CT molecular complexity index is 574. The van der Waals surface area contributed by atoms with Crippen molar-refractivity contribution in [2.45, 2.75) is 12.8 Å². The number of nitrogens with one attached hydrogen (secondary N) is 1. The number of ether oxygens (including phenoxy) is 2. The summed E-state index contributed by atoms with van der Waals surface area (Å²) >= 11 is 0. The Morgan fingerprint density at radius 3 is 3.00 bits per heavy atom. The predicted molar refractivity (Wildman–Crippen MR) is 104 cm³/mol. The largest absolute Gasteiger partial charge is 0.469 e. The number of hydrogen-bond donors (Lipinski definition) is 1. The molecule has 27 heavy (non-hydrogen) atoms. The summed E-state index contributed by atoms with van der Waals surface area (Å²) in [6, 6.07) is 3.84. The quantitative estimate of drug-likeness (QED) is 0.368. The maximum Gasteiger partial charge on any atom is 0.243 e. The van der Waals surface area contributed by atoms with Crippen molar-refractivity contribution in [3.63, 3.8) is 0 Å². The molecule has 1 unspecified atom stereocenters.